The SMILES string of the molecule is CC.FC(F)(F)c1ccc(C2CCCCN2)nc1. The van der Waals surface area contributed by atoms with E-state index >= 15 is 0 Å². The third-order valence-electron chi connectivity index (χ3n) is 2.78. The number of piperidine rings is 1. The number of alkyl halides is 3. The summed E-state index contributed by atoms with van der Waals surface area (Å²) in [5.74, 6) is 0. The highest BCUT2D eigenvalue weighted by Crippen LogP contribution is 2.29. The van der Waals surface area contributed by atoms with Crippen molar-refractivity contribution in [1.29, 1.82) is 0 Å². The zero-order valence-corrected chi connectivity index (χ0v) is 10.7. The van der Waals surface area contributed by atoms with Crippen LogP contribution >= 0.6 is 0 Å². The molecule has 1 atom stereocenters. The molecular formula is C13H19F3N2. The molecule has 2 nitrogen and oxygen atoms in total. The van der Waals surface area contributed by atoms with Crippen LogP contribution in [0.5, 0.6) is 0 Å². The van der Waals surface area contributed by atoms with Gasteiger partial charge < -0.3 is 5.32 Å². The molecule has 1 aliphatic heterocycles. The fraction of sp³-hybridized carbons (Fsp3) is 0.615. The van der Waals surface area contributed by atoms with Gasteiger partial charge >= 0.3 is 6.18 Å². The molecule has 2 rings (SSSR count). The fourth-order valence-corrected chi connectivity index (χ4v) is 1.88. The third kappa shape index (κ3) is 3.98. The molecule has 18 heavy (non-hydrogen) atoms. The number of halogens is 3. The Morgan fingerprint density at radius 3 is 2.39 bits per heavy atom. The van der Waals surface area contributed by atoms with Crippen LogP contribution in [0, 0.1) is 0 Å². The first kappa shape index (κ1) is 15.0. The van der Waals surface area contributed by atoms with Gasteiger partial charge in [0.15, 0.2) is 0 Å². The molecule has 1 aromatic heterocycles. The van der Waals surface area contributed by atoms with Crippen LogP contribution in [0.2, 0.25) is 0 Å². The summed E-state index contributed by atoms with van der Waals surface area (Å²) in [6, 6.07) is 2.67. The predicted octanol–water partition coefficient (Wildman–Crippen LogP) is 3.94. The maximum atomic E-state index is 12.3. The van der Waals surface area contributed by atoms with Crippen molar-refractivity contribution in [2.75, 3.05) is 6.54 Å². The Labute approximate surface area is 106 Å². The summed E-state index contributed by atoms with van der Waals surface area (Å²) in [5, 5.41) is 3.25. The van der Waals surface area contributed by atoms with Gasteiger partial charge in [-0.05, 0) is 31.5 Å². The van der Waals surface area contributed by atoms with Gasteiger partial charge in [-0.15, -0.1) is 0 Å². The molecule has 2 heterocycles. The summed E-state index contributed by atoms with van der Waals surface area (Å²) >= 11 is 0. The van der Waals surface area contributed by atoms with E-state index in [0.29, 0.717) is 5.69 Å². The molecule has 1 aliphatic rings. The number of rotatable bonds is 1. The Kier molecular flexibility index (Phi) is 5.59. The molecule has 102 valence electrons. The van der Waals surface area contributed by atoms with Crippen molar-refractivity contribution < 1.29 is 13.2 Å². The smallest absolute Gasteiger partial charge is 0.309 e. The minimum absolute atomic E-state index is 0.107. The van der Waals surface area contributed by atoms with Crippen LogP contribution in [0.4, 0.5) is 13.2 Å². The Bertz CT molecular complexity index is 340. The van der Waals surface area contributed by atoms with E-state index in [-0.39, 0.29) is 6.04 Å². The molecule has 1 aromatic rings. The minimum Gasteiger partial charge on any atom is -0.309 e. The quantitative estimate of drug-likeness (QED) is 0.827. The van der Waals surface area contributed by atoms with Crippen LogP contribution in [0.15, 0.2) is 18.3 Å². The molecule has 0 saturated carbocycles. The molecule has 0 aliphatic carbocycles. The molecule has 0 amide bonds. The minimum atomic E-state index is -4.30. The number of hydrogen-bond acceptors (Lipinski definition) is 2. The number of aromatic nitrogens is 1. The number of nitrogens with one attached hydrogen (secondary N) is 1. The third-order valence-corrected chi connectivity index (χ3v) is 2.78. The first-order chi connectivity index (χ1) is 8.57. The number of nitrogens with zero attached hydrogens (tertiary/aromatic N) is 1. The summed E-state index contributed by atoms with van der Waals surface area (Å²) < 4.78 is 36.9. The van der Waals surface area contributed by atoms with Gasteiger partial charge in [-0.3, -0.25) is 4.98 Å². The lowest BCUT2D eigenvalue weighted by Crippen LogP contribution is -2.27. The van der Waals surface area contributed by atoms with E-state index in [1.807, 2.05) is 13.8 Å². The molecule has 0 bridgehead atoms. The van der Waals surface area contributed by atoms with E-state index in [0.717, 1.165) is 38.1 Å². The zero-order valence-electron chi connectivity index (χ0n) is 10.7. The molecule has 0 aromatic carbocycles. The normalized spacial score (nSPS) is 19.9. The molecule has 1 saturated heterocycles. The molecule has 0 radical (unpaired) electrons. The highest BCUT2D eigenvalue weighted by molar-refractivity contribution is 5.19. The maximum absolute atomic E-state index is 12.3. The molecule has 5 heteroatoms. The van der Waals surface area contributed by atoms with Gasteiger partial charge in [0, 0.05) is 12.2 Å². The van der Waals surface area contributed by atoms with Crippen LogP contribution < -0.4 is 5.32 Å². The lowest BCUT2D eigenvalue weighted by Gasteiger charge is -2.23. The predicted molar refractivity (Wildman–Crippen MR) is 65.2 cm³/mol. The highest BCUT2D eigenvalue weighted by Gasteiger charge is 2.31. The summed E-state index contributed by atoms with van der Waals surface area (Å²) in [4.78, 5) is 3.89. The van der Waals surface area contributed by atoms with Gasteiger partial charge in [-0.25, -0.2) is 0 Å². The van der Waals surface area contributed by atoms with Crippen molar-refractivity contribution in [2.45, 2.75) is 45.3 Å². The van der Waals surface area contributed by atoms with Crippen molar-refractivity contribution in [3.05, 3.63) is 29.6 Å². The molecule has 1 fully saturated rings. The van der Waals surface area contributed by atoms with Gasteiger partial charge in [0.25, 0.3) is 0 Å². The summed E-state index contributed by atoms with van der Waals surface area (Å²) in [7, 11) is 0. The zero-order chi connectivity index (χ0) is 13.6. The average molecular weight is 260 g/mol. The van der Waals surface area contributed by atoms with Crippen LogP contribution in [-0.4, -0.2) is 11.5 Å². The van der Waals surface area contributed by atoms with Crippen LogP contribution in [0.25, 0.3) is 0 Å². The van der Waals surface area contributed by atoms with Crippen molar-refractivity contribution in [2.24, 2.45) is 0 Å². The largest absolute Gasteiger partial charge is 0.417 e. The van der Waals surface area contributed by atoms with E-state index in [1.165, 1.54) is 6.07 Å². The standard InChI is InChI=1S/C11H13F3N2.C2H6/c12-11(13,14)8-4-5-10(16-7-8)9-3-1-2-6-15-9;1-2/h4-5,7,9,15H,1-3,6H2;1-2H3. The number of pyridine rings is 1. The fourth-order valence-electron chi connectivity index (χ4n) is 1.88. The molecule has 1 N–H and O–H groups in total. The van der Waals surface area contributed by atoms with Gasteiger partial charge in [-0.1, -0.05) is 20.3 Å². The first-order valence-corrected chi connectivity index (χ1v) is 6.34. The summed E-state index contributed by atoms with van der Waals surface area (Å²) in [5.41, 5.74) is 0.0137. The second-order valence-corrected chi connectivity index (χ2v) is 3.97. The lowest BCUT2D eigenvalue weighted by molar-refractivity contribution is -0.137. The Morgan fingerprint density at radius 2 is 1.94 bits per heavy atom. The van der Waals surface area contributed by atoms with E-state index in [2.05, 4.69) is 10.3 Å². The van der Waals surface area contributed by atoms with Crippen molar-refractivity contribution >= 4 is 0 Å². The molecular weight excluding hydrogens is 241 g/mol. The topological polar surface area (TPSA) is 24.9 Å². The Morgan fingerprint density at radius 1 is 1.22 bits per heavy atom. The van der Waals surface area contributed by atoms with Crippen molar-refractivity contribution in [1.82, 2.24) is 10.3 Å². The summed E-state index contributed by atoms with van der Waals surface area (Å²) in [6.07, 6.45) is -0.229. The van der Waals surface area contributed by atoms with Crippen LogP contribution in [-0.2, 0) is 6.18 Å². The Hall–Kier alpha value is -1.10. The van der Waals surface area contributed by atoms with Gasteiger partial charge in [-0.2, -0.15) is 13.2 Å². The monoisotopic (exact) mass is 260 g/mol. The van der Waals surface area contributed by atoms with Crippen LogP contribution in [0.3, 0.4) is 0 Å². The van der Waals surface area contributed by atoms with Gasteiger partial charge in [0.1, 0.15) is 0 Å². The van der Waals surface area contributed by atoms with E-state index in [4.69, 9.17) is 0 Å². The highest BCUT2D eigenvalue weighted by atomic mass is 19.4. The maximum Gasteiger partial charge on any atom is 0.417 e. The lowest BCUT2D eigenvalue weighted by atomic mass is 10.0. The molecule has 1 unspecified atom stereocenters. The van der Waals surface area contributed by atoms with E-state index in [9.17, 15) is 13.2 Å². The van der Waals surface area contributed by atoms with Crippen molar-refractivity contribution in [3.8, 4) is 0 Å². The van der Waals surface area contributed by atoms with Gasteiger partial charge in [0.05, 0.1) is 11.3 Å². The number of hydrogen-bond donors (Lipinski definition) is 1. The summed E-state index contributed by atoms with van der Waals surface area (Å²) in [6.45, 7) is 4.91. The van der Waals surface area contributed by atoms with Crippen LogP contribution in [0.1, 0.15) is 50.4 Å². The Balaban J connectivity index is 0.000000771. The van der Waals surface area contributed by atoms with Gasteiger partial charge in [0.2, 0.25) is 0 Å². The second-order valence-electron chi connectivity index (χ2n) is 3.97. The van der Waals surface area contributed by atoms with E-state index in [1.54, 1.807) is 0 Å². The second kappa shape index (κ2) is 6.73. The first-order valence-electron chi connectivity index (χ1n) is 6.34. The van der Waals surface area contributed by atoms with Crippen molar-refractivity contribution in [3.63, 3.8) is 0 Å². The van der Waals surface area contributed by atoms with E-state index < -0.39 is 11.7 Å². The average Bonchev–Trinajstić information content (AvgIpc) is 2.41. The molecule has 0 spiro atoms.